The zero-order chi connectivity index (χ0) is 8.69. The molecule has 11 heavy (non-hydrogen) atoms. The van der Waals surface area contributed by atoms with Crippen molar-refractivity contribution >= 4 is 12.3 Å². The van der Waals surface area contributed by atoms with Crippen LogP contribution in [0.1, 0.15) is 6.42 Å². The number of carboxylic acid groups (broad SMARTS) is 1. The molecule has 0 radical (unpaired) electrons. The van der Waals surface area contributed by atoms with Crippen LogP contribution in [-0.2, 0) is 9.59 Å². The Bertz CT molecular complexity index is 138. The summed E-state index contributed by atoms with van der Waals surface area (Å²) < 4.78 is 0. The molecule has 0 spiro atoms. The number of nitrogens with one attached hydrogen (secondary N) is 1. The van der Waals surface area contributed by atoms with E-state index in [4.69, 9.17) is 10.8 Å². The molecular weight excluding hydrogens is 148 g/mol. The average Bonchev–Trinajstić information content (AvgIpc) is 1.97. The maximum absolute atomic E-state index is 10.1. The maximum Gasteiger partial charge on any atom is 0.320 e. The van der Waals surface area contributed by atoms with Gasteiger partial charge >= 0.3 is 5.97 Å². The fourth-order valence-electron chi connectivity index (χ4n) is 0.542. The van der Waals surface area contributed by atoms with Crippen molar-refractivity contribution in [1.29, 1.82) is 0 Å². The lowest BCUT2D eigenvalue weighted by Crippen LogP contribution is -2.34. The summed E-state index contributed by atoms with van der Waals surface area (Å²) in [6, 6.07) is -0.839. The topological polar surface area (TPSA) is 92.4 Å². The van der Waals surface area contributed by atoms with Crippen molar-refractivity contribution < 1.29 is 14.7 Å². The number of nitrogens with two attached hydrogens (primary N) is 1. The van der Waals surface area contributed by atoms with Gasteiger partial charge in [0.1, 0.15) is 12.3 Å². The first kappa shape index (κ1) is 10.1. The van der Waals surface area contributed by atoms with Gasteiger partial charge in [-0.2, -0.15) is 0 Å². The third kappa shape index (κ3) is 5.50. The Morgan fingerprint density at radius 1 is 1.73 bits per heavy atom. The second kappa shape index (κ2) is 5.82. The van der Waals surface area contributed by atoms with E-state index in [2.05, 4.69) is 5.32 Å². The molecular formula is C6H12N2O3. The summed E-state index contributed by atoms with van der Waals surface area (Å²) in [5.74, 6) is -1.02. The van der Waals surface area contributed by atoms with Gasteiger partial charge in [0.2, 0.25) is 0 Å². The monoisotopic (exact) mass is 160 g/mol. The van der Waals surface area contributed by atoms with Crippen LogP contribution in [0.15, 0.2) is 0 Å². The van der Waals surface area contributed by atoms with E-state index in [1.165, 1.54) is 0 Å². The molecule has 0 saturated carbocycles. The van der Waals surface area contributed by atoms with Crippen LogP contribution in [0.3, 0.4) is 0 Å². The normalized spacial score (nSPS) is 12.5. The molecule has 0 fully saturated rings. The standard InChI is InChI=1S/C6H12N2O3/c7-5(6(10)11)1-2-8-3-4-9/h4-5,8H,1-3,7H2,(H,10,11)/t5-/m1/s1. The number of carbonyl (C=O) groups excluding carboxylic acids is 1. The number of hydrogen-bond acceptors (Lipinski definition) is 4. The highest BCUT2D eigenvalue weighted by Crippen LogP contribution is 1.84. The minimum atomic E-state index is -1.02. The van der Waals surface area contributed by atoms with E-state index in [1.807, 2.05) is 0 Å². The van der Waals surface area contributed by atoms with Crippen LogP contribution in [0, 0.1) is 0 Å². The van der Waals surface area contributed by atoms with Gasteiger partial charge in [0.15, 0.2) is 0 Å². The van der Waals surface area contributed by atoms with Crippen molar-refractivity contribution in [2.75, 3.05) is 13.1 Å². The number of carboxylic acids is 1. The summed E-state index contributed by atoms with van der Waals surface area (Å²) in [5.41, 5.74) is 5.17. The molecule has 0 aliphatic carbocycles. The molecule has 0 saturated heterocycles. The first-order valence-electron chi connectivity index (χ1n) is 3.31. The van der Waals surface area contributed by atoms with Crippen LogP contribution >= 0.6 is 0 Å². The predicted octanol–water partition coefficient (Wildman–Crippen LogP) is -1.42. The van der Waals surface area contributed by atoms with Crippen molar-refractivity contribution in [2.24, 2.45) is 5.73 Å². The van der Waals surface area contributed by atoms with Gasteiger partial charge in [0.05, 0.1) is 6.54 Å². The summed E-state index contributed by atoms with van der Waals surface area (Å²) in [4.78, 5) is 19.9. The van der Waals surface area contributed by atoms with Gasteiger partial charge in [0, 0.05) is 0 Å². The maximum atomic E-state index is 10.1. The van der Waals surface area contributed by atoms with Gasteiger partial charge in [-0.25, -0.2) is 0 Å². The summed E-state index contributed by atoms with van der Waals surface area (Å²) in [5, 5.41) is 11.0. The molecule has 0 aromatic heterocycles. The Morgan fingerprint density at radius 3 is 2.82 bits per heavy atom. The van der Waals surface area contributed by atoms with Gasteiger partial charge in [-0.05, 0) is 13.0 Å². The third-order valence-electron chi connectivity index (χ3n) is 1.18. The Kier molecular flexibility index (Phi) is 5.32. The smallest absolute Gasteiger partial charge is 0.320 e. The molecule has 5 heteroatoms. The van der Waals surface area contributed by atoms with E-state index in [0.29, 0.717) is 19.3 Å². The Hall–Kier alpha value is -0.940. The Morgan fingerprint density at radius 2 is 2.36 bits per heavy atom. The number of aliphatic carboxylic acids is 1. The van der Waals surface area contributed by atoms with Crippen molar-refractivity contribution in [1.82, 2.24) is 5.32 Å². The molecule has 64 valence electrons. The number of carbonyl (C=O) groups is 2. The fraction of sp³-hybridized carbons (Fsp3) is 0.667. The van der Waals surface area contributed by atoms with Gasteiger partial charge in [0.25, 0.3) is 0 Å². The second-order valence-electron chi connectivity index (χ2n) is 2.10. The van der Waals surface area contributed by atoms with E-state index in [0.717, 1.165) is 0 Å². The molecule has 0 unspecified atom stereocenters. The zero-order valence-corrected chi connectivity index (χ0v) is 6.12. The van der Waals surface area contributed by atoms with E-state index >= 15 is 0 Å². The quantitative estimate of drug-likeness (QED) is 0.327. The van der Waals surface area contributed by atoms with E-state index < -0.39 is 12.0 Å². The number of hydrogen-bond donors (Lipinski definition) is 3. The summed E-state index contributed by atoms with van der Waals surface area (Å²) in [6.07, 6.45) is 1.05. The number of rotatable bonds is 6. The minimum Gasteiger partial charge on any atom is -0.480 e. The third-order valence-corrected chi connectivity index (χ3v) is 1.18. The first-order chi connectivity index (χ1) is 5.18. The fourth-order valence-corrected chi connectivity index (χ4v) is 0.542. The molecule has 0 bridgehead atoms. The van der Waals surface area contributed by atoms with Crippen LogP contribution in [0.4, 0.5) is 0 Å². The lowest BCUT2D eigenvalue weighted by Gasteiger charge is -2.04. The summed E-state index contributed by atoms with van der Waals surface area (Å²) >= 11 is 0. The summed E-state index contributed by atoms with van der Waals surface area (Å²) in [7, 11) is 0. The van der Waals surface area contributed by atoms with Crippen LogP contribution in [0.2, 0.25) is 0 Å². The van der Waals surface area contributed by atoms with Crippen molar-refractivity contribution in [3.63, 3.8) is 0 Å². The molecule has 4 N–H and O–H groups in total. The average molecular weight is 160 g/mol. The highest BCUT2D eigenvalue weighted by molar-refractivity contribution is 5.72. The van der Waals surface area contributed by atoms with Crippen molar-refractivity contribution in [3.05, 3.63) is 0 Å². The van der Waals surface area contributed by atoms with Crippen molar-refractivity contribution in [3.8, 4) is 0 Å². The largest absolute Gasteiger partial charge is 0.480 e. The first-order valence-corrected chi connectivity index (χ1v) is 3.31. The Labute approximate surface area is 64.6 Å². The Balaban J connectivity index is 3.24. The molecule has 1 atom stereocenters. The van der Waals surface area contributed by atoms with E-state index in [-0.39, 0.29) is 6.54 Å². The molecule has 0 aliphatic rings. The van der Waals surface area contributed by atoms with E-state index in [9.17, 15) is 9.59 Å². The highest BCUT2D eigenvalue weighted by atomic mass is 16.4. The van der Waals surface area contributed by atoms with E-state index in [1.54, 1.807) is 0 Å². The number of aldehydes is 1. The molecule has 0 heterocycles. The molecule has 0 rings (SSSR count). The predicted molar refractivity (Wildman–Crippen MR) is 39.2 cm³/mol. The lowest BCUT2D eigenvalue weighted by molar-refractivity contribution is -0.138. The highest BCUT2D eigenvalue weighted by Gasteiger charge is 2.09. The summed E-state index contributed by atoms with van der Waals surface area (Å²) in [6.45, 7) is 0.693. The second-order valence-corrected chi connectivity index (χ2v) is 2.10. The molecule has 0 aromatic rings. The molecule has 0 aliphatic heterocycles. The van der Waals surface area contributed by atoms with Crippen LogP contribution < -0.4 is 11.1 Å². The van der Waals surface area contributed by atoms with Gasteiger partial charge in [-0.15, -0.1) is 0 Å². The lowest BCUT2D eigenvalue weighted by atomic mass is 10.2. The van der Waals surface area contributed by atoms with Crippen LogP contribution in [0.25, 0.3) is 0 Å². The van der Waals surface area contributed by atoms with Gasteiger partial charge in [-0.1, -0.05) is 0 Å². The molecule has 5 nitrogen and oxygen atoms in total. The van der Waals surface area contributed by atoms with Crippen molar-refractivity contribution in [2.45, 2.75) is 12.5 Å². The molecule has 0 amide bonds. The molecule has 0 aromatic carbocycles. The van der Waals surface area contributed by atoms with Crippen LogP contribution in [-0.4, -0.2) is 36.5 Å². The van der Waals surface area contributed by atoms with Crippen LogP contribution in [0.5, 0.6) is 0 Å². The SMILES string of the molecule is N[C@H](CCNCC=O)C(=O)O. The van der Waals surface area contributed by atoms with Gasteiger partial charge in [-0.3, -0.25) is 4.79 Å². The minimum absolute atomic E-state index is 0.242. The van der Waals surface area contributed by atoms with Gasteiger partial charge < -0.3 is 21.0 Å². The zero-order valence-electron chi connectivity index (χ0n) is 6.12.